The number of hydrogen-bond donors (Lipinski definition) is 1. The first-order valence-corrected chi connectivity index (χ1v) is 5.56. The second-order valence-corrected chi connectivity index (χ2v) is 4.56. The van der Waals surface area contributed by atoms with E-state index in [2.05, 4.69) is 0 Å². The van der Waals surface area contributed by atoms with Gasteiger partial charge in [-0.05, 0) is 24.7 Å². The van der Waals surface area contributed by atoms with E-state index >= 15 is 0 Å². The summed E-state index contributed by atoms with van der Waals surface area (Å²) in [5, 5.41) is 9.74. The minimum atomic E-state index is 0.0492. The Morgan fingerprint density at radius 3 is 2.08 bits per heavy atom. The predicted octanol–water partition coefficient (Wildman–Crippen LogP) is 2.73. The highest BCUT2D eigenvalue weighted by molar-refractivity contribution is 4.83. The van der Waals surface area contributed by atoms with Crippen molar-refractivity contribution in [3.8, 4) is 0 Å². The first kappa shape index (κ1) is 8.55. The third-order valence-corrected chi connectivity index (χ3v) is 3.79. The molecule has 1 N–H and O–H groups in total. The summed E-state index contributed by atoms with van der Waals surface area (Å²) in [5.41, 5.74) is 0. The summed E-state index contributed by atoms with van der Waals surface area (Å²) in [6.07, 6.45) is 10.7. The van der Waals surface area contributed by atoms with Gasteiger partial charge in [0.1, 0.15) is 0 Å². The van der Waals surface area contributed by atoms with E-state index in [1.165, 1.54) is 44.9 Å². The smallest absolute Gasteiger partial charge is 0.0571 e. The van der Waals surface area contributed by atoms with Gasteiger partial charge >= 0.3 is 0 Å². The van der Waals surface area contributed by atoms with Crippen LogP contribution in [-0.2, 0) is 0 Å². The highest BCUT2D eigenvalue weighted by Gasteiger charge is 2.32. The molecule has 2 fully saturated rings. The number of hydrogen-bond acceptors (Lipinski definition) is 1. The molecule has 1 heteroatoms. The Bertz CT molecular complexity index is 138. The van der Waals surface area contributed by atoms with Gasteiger partial charge in [0, 0.05) is 0 Å². The van der Waals surface area contributed by atoms with Gasteiger partial charge in [-0.2, -0.15) is 0 Å². The fourth-order valence-electron chi connectivity index (χ4n) is 3.08. The molecule has 0 aromatic rings. The number of aliphatic hydroxyl groups is 1. The van der Waals surface area contributed by atoms with Crippen LogP contribution in [0.25, 0.3) is 0 Å². The Labute approximate surface area is 75.2 Å². The second kappa shape index (κ2) is 3.78. The minimum absolute atomic E-state index is 0.0492. The summed E-state index contributed by atoms with van der Waals surface area (Å²) in [4.78, 5) is 0. The quantitative estimate of drug-likeness (QED) is 0.638. The van der Waals surface area contributed by atoms with Crippen LogP contribution in [0.3, 0.4) is 0 Å². The molecule has 70 valence electrons. The van der Waals surface area contributed by atoms with Crippen molar-refractivity contribution in [1.29, 1.82) is 0 Å². The average molecular weight is 168 g/mol. The van der Waals surface area contributed by atoms with Crippen molar-refractivity contribution in [2.75, 3.05) is 0 Å². The van der Waals surface area contributed by atoms with Gasteiger partial charge in [-0.1, -0.05) is 38.5 Å². The Morgan fingerprint density at radius 1 is 0.750 bits per heavy atom. The van der Waals surface area contributed by atoms with Gasteiger partial charge in [0.05, 0.1) is 6.10 Å². The SMILES string of the molecule is OC1CCCC1C1CCCCC1. The molecular weight excluding hydrogens is 148 g/mol. The summed E-state index contributed by atoms with van der Waals surface area (Å²) < 4.78 is 0. The zero-order valence-electron chi connectivity index (χ0n) is 7.84. The predicted molar refractivity (Wildman–Crippen MR) is 49.9 cm³/mol. The van der Waals surface area contributed by atoms with Crippen LogP contribution in [0.2, 0.25) is 0 Å². The molecule has 2 aliphatic carbocycles. The number of rotatable bonds is 1. The van der Waals surface area contributed by atoms with E-state index in [-0.39, 0.29) is 6.10 Å². The monoisotopic (exact) mass is 168 g/mol. The molecule has 2 atom stereocenters. The van der Waals surface area contributed by atoms with Gasteiger partial charge < -0.3 is 5.11 Å². The summed E-state index contributed by atoms with van der Waals surface area (Å²) >= 11 is 0. The Morgan fingerprint density at radius 2 is 1.50 bits per heavy atom. The van der Waals surface area contributed by atoms with E-state index in [4.69, 9.17) is 0 Å². The maximum absolute atomic E-state index is 9.74. The first-order valence-electron chi connectivity index (χ1n) is 5.56. The van der Waals surface area contributed by atoms with E-state index in [1.807, 2.05) is 0 Å². The lowest BCUT2D eigenvalue weighted by molar-refractivity contribution is 0.0832. The van der Waals surface area contributed by atoms with Crippen molar-refractivity contribution in [1.82, 2.24) is 0 Å². The highest BCUT2D eigenvalue weighted by Crippen LogP contribution is 2.39. The van der Waals surface area contributed by atoms with Crippen LogP contribution in [0.4, 0.5) is 0 Å². The van der Waals surface area contributed by atoms with Crippen LogP contribution in [-0.4, -0.2) is 11.2 Å². The lowest BCUT2D eigenvalue weighted by Gasteiger charge is -2.29. The molecule has 0 radical (unpaired) electrons. The van der Waals surface area contributed by atoms with Gasteiger partial charge in [0.15, 0.2) is 0 Å². The zero-order valence-corrected chi connectivity index (χ0v) is 7.84. The molecule has 0 spiro atoms. The molecule has 1 nitrogen and oxygen atoms in total. The van der Waals surface area contributed by atoms with Gasteiger partial charge in [-0.15, -0.1) is 0 Å². The molecule has 0 saturated heterocycles. The molecule has 2 unspecified atom stereocenters. The average Bonchev–Trinajstić information content (AvgIpc) is 2.53. The lowest BCUT2D eigenvalue weighted by Crippen LogP contribution is -2.24. The first-order chi connectivity index (χ1) is 5.88. The maximum Gasteiger partial charge on any atom is 0.0571 e. The van der Waals surface area contributed by atoms with Crippen LogP contribution in [0.1, 0.15) is 51.4 Å². The summed E-state index contributed by atoms with van der Waals surface area (Å²) in [5.74, 6) is 1.54. The van der Waals surface area contributed by atoms with Crippen molar-refractivity contribution in [3.05, 3.63) is 0 Å². The standard InChI is InChI=1S/C11H20O/c12-11-8-4-7-10(11)9-5-2-1-3-6-9/h9-12H,1-8H2. The van der Waals surface area contributed by atoms with Crippen LogP contribution < -0.4 is 0 Å². The van der Waals surface area contributed by atoms with Crippen LogP contribution in [0.15, 0.2) is 0 Å². The minimum Gasteiger partial charge on any atom is -0.393 e. The molecule has 0 heterocycles. The van der Waals surface area contributed by atoms with E-state index < -0.39 is 0 Å². The van der Waals surface area contributed by atoms with Gasteiger partial charge in [-0.3, -0.25) is 0 Å². The van der Waals surface area contributed by atoms with Crippen LogP contribution in [0, 0.1) is 11.8 Å². The summed E-state index contributed by atoms with van der Waals surface area (Å²) in [6.45, 7) is 0. The topological polar surface area (TPSA) is 20.2 Å². The van der Waals surface area contributed by atoms with Gasteiger partial charge in [0.2, 0.25) is 0 Å². The molecule has 2 rings (SSSR count). The summed E-state index contributed by atoms with van der Waals surface area (Å²) in [6, 6.07) is 0. The fourth-order valence-corrected chi connectivity index (χ4v) is 3.08. The maximum atomic E-state index is 9.74. The van der Waals surface area contributed by atoms with Crippen molar-refractivity contribution in [3.63, 3.8) is 0 Å². The van der Waals surface area contributed by atoms with Crippen molar-refractivity contribution < 1.29 is 5.11 Å². The molecule has 0 aliphatic heterocycles. The largest absolute Gasteiger partial charge is 0.393 e. The number of aliphatic hydroxyl groups excluding tert-OH is 1. The van der Waals surface area contributed by atoms with E-state index in [9.17, 15) is 5.11 Å². The molecule has 2 saturated carbocycles. The van der Waals surface area contributed by atoms with Crippen LogP contribution in [0.5, 0.6) is 0 Å². The Kier molecular flexibility index (Phi) is 2.69. The van der Waals surface area contributed by atoms with E-state index in [0.717, 1.165) is 12.3 Å². The van der Waals surface area contributed by atoms with Gasteiger partial charge in [-0.25, -0.2) is 0 Å². The fraction of sp³-hybridized carbons (Fsp3) is 1.00. The summed E-state index contributed by atoms with van der Waals surface area (Å²) in [7, 11) is 0. The third-order valence-electron chi connectivity index (χ3n) is 3.79. The Balaban J connectivity index is 1.89. The van der Waals surface area contributed by atoms with E-state index in [1.54, 1.807) is 0 Å². The highest BCUT2D eigenvalue weighted by atomic mass is 16.3. The van der Waals surface area contributed by atoms with E-state index in [0.29, 0.717) is 5.92 Å². The van der Waals surface area contributed by atoms with Crippen LogP contribution >= 0.6 is 0 Å². The Hall–Kier alpha value is -0.0400. The molecule has 0 aromatic heterocycles. The third kappa shape index (κ3) is 1.66. The van der Waals surface area contributed by atoms with Crippen molar-refractivity contribution >= 4 is 0 Å². The molecule has 0 amide bonds. The normalized spacial score (nSPS) is 38.8. The molecule has 0 bridgehead atoms. The molecule has 0 aromatic carbocycles. The molecule has 2 aliphatic rings. The lowest BCUT2D eigenvalue weighted by atomic mass is 9.78. The zero-order chi connectivity index (χ0) is 8.39. The van der Waals surface area contributed by atoms with Crippen molar-refractivity contribution in [2.45, 2.75) is 57.5 Å². The molecule has 12 heavy (non-hydrogen) atoms. The second-order valence-electron chi connectivity index (χ2n) is 4.56. The van der Waals surface area contributed by atoms with Crippen molar-refractivity contribution in [2.24, 2.45) is 11.8 Å². The molecular formula is C11H20O. The van der Waals surface area contributed by atoms with Gasteiger partial charge in [0.25, 0.3) is 0 Å².